The second-order valence-electron chi connectivity index (χ2n) is 7.15. The zero-order valence-corrected chi connectivity index (χ0v) is 18.7. The SMILES string of the molecule is Cc1nc(-c2cccc(NC(=O)CN(C)S(=O)(=O)c3ccc4ccccc4c3)c2)cs1. The van der Waals surface area contributed by atoms with Crippen LogP contribution in [0.4, 0.5) is 5.69 Å². The van der Waals surface area contributed by atoms with E-state index >= 15 is 0 Å². The molecule has 1 heterocycles. The van der Waals surface area contributed by atoms with Crippen molar-refractivity contribution in [1.82, 2.24) is 9.29 Å². The second kappa shape index (κ2) is 8.58. The Kier molecular flexibility index (Phi) is 5.86. The van der Waals surface area contributed by atoms with Crippen molar-refractivity contribution in [3.63, 3.8) is 0 Å². The molecule has 1 amide bonds. The van der Waals surface area contributed by atoms with Gasteiger partial charge in [0, 0.05) is 23.7 Å². The molecule has 3 aromatic carbocycles. The molecule has 0 radical (unpaired) electrons. The van der Waals surface area contributed by atoms with Crippen LogP contribution < -0.4 is 5.32 Å². The fourth-order valence-electron chi connectivity index (χ4n) is 3.25. The van der Waals surface area contributed by atoms with E-state index in [0.29, 0.717) is 5.69 Å². The molecule has 0 aliphatic carbocycles. The van der Waals surface area contributed by atoms with E-state index in [-0.39, 0.29) is 11.4 Å². The predicted molar refractivity (Wildman–Crippen MR) is 125 cm³/mol. The number of nitrogens with one attached hydrogen (secondary N) is 1. The lowest BCUT2D eigenvalue weighted by Gasteiger charge is -2.17. The predicted octanol–water partition coefficient (Wildman–Crippen LogP) is 4.53. The minimum atomic E-state index is -3.80. The normalized spacial score (nSPS) is 11.7. The molecule has 0 atom stereocenters. The molecule has 0 unspecified atom stereocenters. The maximum atomic E-state index is 12.9. The third kappa shape index (κ3) is 4.66. The van der Waals surface area contributed by atoms with Crippen LogP contribution in [0, 0.1) is 6.92 Å². The first kappa shape index (κ1) is 21.2. The second-order valence-corrected chi connectivity index (χ2v) is 10.3. The van der Waals surface area contributed by atoms with E-state index in [1.54, 1.807) is 35.6 Å². The fraction of sp³-hybridized carbons (Fsp3) is 0.130. The number of carbonyl (C=O) groups is 1. The maximum Gasteiger partial charge on any atom is 0.243 e. The molecule has 0 bridgehead atoms. The van der Waals surface area contributed by atoms with Gasteiger partial charge in [0.25, 0.3) is 0 Å². The lowest BCUT2D eigenvalue weighted by Crippen LogP contribution is -2.34. The highest BCUT2D eigenvalue weighted by molar-refractivity contribution is 7.89. The molecular formula is C23H21N3O3S2. The highest BCUT2D eigenvalue weighted by Crippen LogP contribution is 2.25. The number of rotatable bonds is 6. The molecule has 0 fully saturated rings. The van der Waals surface area contributed by atoms with Crippen LogP contribution in [-0.2, 0) is 14.8 Å². The number of aromatic nitrogens is 1. The van der Waals surface area contributed by atoms with Crippen molar-refractivity contribution in [1.29, 1.82) is 0 Å². The van der Waals surface area contributed by atoms with Gasteiger partial charge in [0.15, 0.2) is 0 Å². The van der Waals surface area contributed by atoms with E-state index in [0.717, 1.165) is 31.3 Å². The molecule has 1 aromatic heterocycles. The van der Waals surface area contributed by atoms with Gasteiger partial charge >= 0.3 is 0 Å². The van der Waals surface area contributed by atoms with Crippen LogP contribution in [0.1, 0.15) is 5.01 Å². The van der Waals surface area contributed by atoms with Crippen LogP contribution in [0.2, 0.25) is 0 Å². The maximum absolute atomic E-state index is 12.9. The number of thiazole rings is 1. The minimum Gasteiger partial charge on any atom is -0.325 e. The van der Waals surface area contributed by atoms with Gasteiger partial charge in [-0.2, -0.15) is 4.31 Å². The van der Waals surface area contributed by atoms with Crippen LogP contribution in [0.5, 0.6) is 0 Å². The third-order valence-electron chi connectivity index (χ3n) is 4.86. The van der Waals surface area contributed by atoms with Gasteiger partial charge in [-0.1, -0.05) is 42.5 Å². The van der Waals surface area contributed by atoms with Gasteiger partial charge in [-0.05, 0) is 42.0 Å². The summed E-state index contributed by atoms with van der Waals surface area (Å²) in [5.74, 6) is -0.418. The van der Waals surface area contributed by atoms with Crippen molar-refractivity contribution in [2.75, 3.05) is 18.9 Å². The Morgan fingerprint density at radius 3 is 2.55 bits per heavy atom. The third-order valence-corrected chi connectivity index (χ3v) is 7.43. The van der Waals surface area contributed by atoms with Crippen molar-refractivity contribution in [2.24, 2.45) is 0 Å². The Hall–Kier alpha value is -3.07. The largest absolute Gasteiger partial charge is 0.325 e. The van der Waals surface area contributed by atoms with Crippen molar-refractivity contribution in [2.45, 2.75) is 11.8 Å². The standard InChI is InChI=1S/C23H21N3O3S2/c1-16-24-22(15-30-16)19-8-5-9-20(12-19)25-23(27)14-26(2)31(28,29)21-11-10-17-6-3-4-7-18(17)13-21/h3-13,15H,14H2,1-2H3,(H,25,27). The Morgan fingerprint density at radius 1 is 1.03 bits per heavy atom. The monoisotopic (exact) mass is 451 g/mol. The van der Waals surface area contributed by atoms with Crippen LogP contribution in [0.25, 0.3) is 22.0 Å². The molecule has 4 aromatic rings. The number of hydrogen-bond donors (Lipinski definition) is 1. The zero-order valence-electron chi connectivity index (χ0n) is 17.1. The number of likely N-dealkylation sites (N-methyl/N-ethyl adjacent to an activating group) is 1. The number of aryl methyl sites for hydroxylation is 1. The molecule has 31 heavy (non-hydrogen) atoms. The highest BCUT2D eigenvalue weighted by Gasteiger charge is 2.23. The molecule has 1 N–H and O–H groups in total. The Bertz CT molecular complexity index is 1360. The summed E-state index contributed by atoms with van der Waals surface area (Å²) in [5, 5.41) is 7.48. The topological polar surface area (TPSA) is 79.4 Å². The number of nitrogens with zero attached hydrogens (tertiary/aromatic N) is 2. The molecule has 6 nitrogen and oxygen atoms in total. The van der Waals surface area contributed by atoms with Gasteiger partial charge in [-0.15, -0.1) is 11.3 Å². The number of hydrogen-bond acceptors (Lipinski definition) is 5. The van der Waals surface area contributed by atoms with Crippen molar-refractivity contribution < 1.29 is 13.2 Å². The molecule has 0 spiro atoms. The Morgan fingerprint density at radius 2 is 1.81 bits per heavy atom. The van der Waals surface area contributed by atoms with E-state index in [2.05, 4.69) is 10.3 Å². The number of sulfonamides is 1. The van der Waals surface area contributed by atoms with E-state index in [1.807, 2.05) is 54.8 Å². The van der Waals surface area contributed by atoms with E-state index in [1.165, 1.54) is 7.05 Å². The number of amides is 1. The summed E-state index contributed by atoms with van der Waals surface area (Å²) in [6.45, 7) is 1.64. The fourth-order valence-corrected chi connectivity index (χ4v) is 5.03. The van der Waals surface area contributed by atoms with Crippen molar-refractivity contribution in [3.05, 3.63) is 77.1 Å². The summed E-state index contributed by atoms with van der Waals surface area (Å²) in [7, 11) is -2.40. The minimum absolute atomic E-state index is 0.155. The number of carbonyl (C=O) groups excluding carboxylic acids is 1. The van der Waals surface area contributed by atoms with Crippen molar-refractivity contribution >= 4 is 43.7 Å². The average Bonchev–Trinajstić information content (AvgIpc) is 3.19. The quantitative estimate of drug-likeness (QED) is 0.467. The summed E-state index contributed by atoms with van der Waals surface area (Å²) in [6, 6.07) is 19.8. The Labute approximate surface area is 185 Å². The number of fused-ring (bicyclic) bond motifs is 1. The smallest absolute Gasteiger partial charge is 0.243 e. The molecule has 158 valence electrons. The lowest BCUT2D eigenvalue weighted by molar-refractivity contribution is -0.116. The molecule has 0 aliphatic rings. The van der Waals surface area contributed by atoms with Gasteiger partial charge in [-0.3, -0.25) is 4.79 Å². The summed E-state index contributed by atoms with van der Waals surface area (Å²) in [4.78, 5) is 17.1. The van der Waals surface area contributed by atoms with E-state index in [9.17, 15) is 13.2 Å². The molecule has 0 saturated carbocycles. The van der Waals surface area contributed by atoms with Gasteiger partial charge in [0.05, 0.1) is 22.1 Å². The molecule has 4 rings (SSSR count). The van der Waals surface area contributed by atoms with E-state index in [4.69, 9.17) is 0 Å². The van der Waals surface area contributed by atoms with Gasteiger partial charge in [0.1, 0.15) is 0 Å². The first-order valence-electron chi connectivity index (χ1n) is 9.60. The molecule has 0 aliphatic heterocycles. The van der Waals surface area contributed by atoms with Gasteiger partial charge in [-0.25, -0.2) is 13.4 Å². The molecule has 8 heteroatoms. The lowest BCUT2D eigenvalue weighted by atomic mass is 10.1. The number of anilines is 1. The van der Waals surface area contributed by atoms with Crippen LogP contribution in [-0.4, -0.2) is 37.2 Å². The van der Waals surface area contributed by atoms with Crippen LogP contribution in [0.15, 0.2) is 77.0 Å². The van der Waals surface area contributed by atoms with E-state index < -0.39 is 15.9 Å². The van der Waals surface area contributed by atoms with Crippen LogP contribution >= 0.6 is 11.3 Å². The van der Waals surface area contributed by atoms with Crippen LogP contribution in [0.3, 0.4) is 0 Å². The summed E-state index contributed by atoms with van der Waals surface area (Å²) in [6.07, 6.45) is 0. The van der Waals surface area contributed by atoms with Gasteiger partial charge in [0.2, 0.25) is 15.9 Å². The summed E-state index contributed by atoms with van der Waals surface area (Å²) < 4.78 is 26.9. The zero-order chi connectivity index (χ0) is 22.0. The Balaban J connectivity index is 1.47. The first-order valence-corrected chi connectivity index (χ1v) is 11.9. The molecular weight excluding hydrogens is 430 g/mol. The highest BCUT2D eigenvalue weighted by atomic mass is 32.2. The average molecular weight is 452 g/mol. The number of benzene rings is 3. The summed E-state index contributed by atoms with van der Waals surface area (Å²) >= 11 is 1.56. The summed E-state index contributed by atoms with van der Waals surface area (Å²) in [5.41, 5.74) is 2.32. The van der Waals surface area contributed by atoms with Crippen molar-refractivity contribution in [3.8, 4) is 11.3 Å². The van der Waals surface area contributed by atoms with Gasteiger partial charge < -0.3 is 5.32 Å². The molecule has 0 saturated heterocycles. The first-order chi connectivity index (χ1) is 14.8.